The van der Waals surface area contributed by atoms with Gasteiger partial charge in [-0.2, -0.15) is 0 Å². The third-order valence-electron chi connectivity index (χ3n) is 5.15. The van der Waals surface area contributed by atoms with Crippen LogP contribution in [0.25, 0.3) is 11.4 Å². The van der Waals surface area contributed by atoms with Gasteiger partial charge in [0, 0.05) is 44.0 Å². The van der Waals surface area contributed by atoms with Crippen molar-refractivity contribution in [2.45, 2.75) is 11.7 Å². The maximum atomic E-state index is 12.7. The molecule has 2 heterocycles. The van der Waals surface area contributed by atoms with E-state index in [1.807, 2.05) is 58.0 Å². The Morgan fingerprint density at radius 1 is 0.933 bits per heavy atom. The van der Waals surface area contributed by atoms with Crippen LogP contribution in [0.2, 0.25) is 0 Å². The van der Waals surface area contributed by atoms with Gasteiger partial charge in [0.05, 0.1) is 12.4 Å². The van der Waals surface area contributed by atoms with Crippen LogP contribution in [-0.2, 0) is 11.3 Å². The Morgan fingerprint density at radius 2 is 1.60 bits per heavy atom. The zero-order chi connectivity index (χ0) is 20.8. The Hall–Kier alpha value is -2.84. The maximum Gasteiger partial charge on any atom is 0.233 e. The molecule has 1 aliphatic heterocycles. The molecule has 0 aliphatic carbocycles. The molecule has 1 amide bonds. The van der Waals surface area contributed by atoms with Gasteiger partial charge in [-0.3, -0.25) is 9.36 Å². The van der Waals surface area contributed by atoms with Gasteiger partial charge < -0.3 is 14.9 Å². The van der Waals surface area contributed by atoms with Gasteiger partial charge in [0.15, 0.2) is 11.0 Å². The van der Waals surface area contributed by atoms with Crippen LogP contribution >= 0.6 is 11.8 Å². The first-order chi connectivity index (χ1) is 14.8. The van der Waals surface area contributed by atoms with E-state index in [0.717, 1.165) is 18.7 Å². The average molecular weight is 424 g/mol. The van der Waals surface area contributed by atoms with Gasteiger partial charge in [-0.25, -0.2) is 0 Å². The number of anilines is 1. The predicted molar refractivity (Wildman–Crippen MR) is 119 cm³/mol. The molecule has 1 saturated heterocycles. The molecule has 0 saturated carbocycles. The van der Waals surface area contributed by atoms with Crippen molar-refractivity contribution in [3.05, 3.63) is 60.7 Å². The molecule has 7 nitrogen and oxygen atoms in total. The van der Waals surface area contributed by atoms with E-state index in [2.05, 4.69) is 27.2 Å². The zero-order valence-corrected chi connectivity index (χ0v) is 17.5. The summed E-state index contributed by atoms with van der Waals surface area (Å²) in [4.78, 5) is 17.0. The molecule has 1 fully saturated rings. The maximum absolute atomic E-state index is 12.7. The van der Waals surface area contributed by atoms with Crippen LogP contribution in [0.15, 0.2) is 65.8 Å². The molecule has 2 aromatic carbocycles. The second-order valence-corrected chi connectivity index (χ2v) is 7.98. The van der Waals surface area contributed by atoms with Crippen molar-refractivity contribution >= 4 is 23.4 Å². The summed E-state index contributed by atoms with van der Waals surface area (Å²) in [5.41, 5.74) is 2.14. The van der Waals surface area contributed by atoms with Gasteiger partial charge in [-0.05, 0) is 12.1 Å². The lowest BCUT2D eigenvalue weighted by Crippen LogP contribution is -2.49. The molecule has 1 N–H and O–H groups in total. The third-order valence-corrected chi connectivity index (χ3v) is 6.10. The SMILES string of the molecule is O=C(CSc1nnc(-c2ccccc2)n1CCO)N1CCN(c2ccccc2)CC1. The lowest BCUT2D eigenvalue weighted by molar-refractivity contribution is -0.128. The van der Waals surface area contributed by atoms with Gasteiger partial charge in [-0.15, -0.1) is 10.2 Å². The highest BCUT2D eigenvalue weighted by atomic mass is 32.2. The highest BCUT2D eigenvalue weighted by Crippen LogP contribution is 2.24. The Bertz CT molecular complexity index is 956. The van der Waals surface area contributed by atoms with Crippen molar-refractivity contribution in [3.8, 4) is 11.4 Å². The number of carbonyl (C=O) groups is 1. The molecule has 0 spiro atoms. The van der Waals surface area contributed by atoms with Gasteiger partial charge in [0.25, 0.3) is 0 Å². The zero-order valence-electron chi connectivity index (χ0n) is 16.7. The lowest BCUT2D eigenvalue weighted by atomic mass is 10.2. The van der Waals surface area contributed by atoms with Crippen molar-refractivity contribution in [2.75, 3.05) is 43.4 Å². The van der Waals surface area contributed by atoms with Crippen molar-refractivity contribution in [1.82, 2.24) is 19.7 Å². The number of benzene rings is 2. The monoisotopic (exact) mass is 423 g/mol. The summed E-state index contributed by atoms with van der Waals surface area (Å²) >= 11 is 1.37. The molecular weight excluding hydrogens is 398 g/mol. The van der Waals surface area contributed by atoms with Crippen LogP contribution < -0.4 is 4.90 Å². The fourth-order valence-electron chi connectivity index (χ4n) is 3.57. The Morgan fingerprint density at radius 3 is 2.27 bits per heavy atom. The molecule has 0 radical (unpaired) electrons. The van der Waals surface area contributed by atoms with Crippen LogP contribution in [0.1, 0.15) is 0 Å². The number of amides is 1. The molecule has 3 aromatic rings. The number of thioether (sulfide) groups is 1. The van der Waals surface area contributed by atoms with Gasteiger partial charge in [0.1, 0.15) is 0 Å². The minimum atomic E-state index is -0.0131. The van der Waals surface area contributed by atoms with E-state index in [1.165, 1.54) is 17.4 Å². The van der Waals surface area contributed by atoms with Gasteiger partial charge >= 0.3 is 0 Å². The summed E-state index contributed by atoms with van der Waals surface area (Å²) in [5.74, 6) is 1.12. The van der Waals surface area contributed by atoms with E-state index in [1.54, 1.807) is 0 Å². The molecule has 1 aromatic heterocycles. The number of hydrogen-bond donors (Lipinski definition) is 1. The first-order valence-electron chi connectivity index (χ1n) is 10.1. The summed E-state index contributed by atoms with van der Waals surface area (Å²) in [6.45, 7) is 3.47. The first kappa shape index (κ1) is 20.4. The molecule has 0 unspecified atom stereocenters. The molecular formula is C22H25N5O2S. The highest BCUT2D eigenvalue weighted by Gasteiger charge is 2.22. The van der Waals surface area contributed by atoms with E-state index in [-0.39, 0.29) is 12.5 Å². The fraction of sp³-hybridized carbons (Fsp3) is 0.318. The minimum Gasteiger partial charge on any atom is -0.395 e. The molecule has 0 atom stereocenters. The van der Waals surface area contributed by atoms with E-state index in [4.69, 9.17) is 0 Å². The first-order valence-corrected chi connectivity index (χ1v) is 11.0. The molecule has 4 rings (SSSR count). The number of aromatic nitrogens is 3. The Balaban J connectivity index is 1.36. The average Bonchev–Trinajstić information content (AvgIpc) is 3.21. The summed E-state index contributed by atoms with van der Waals surface area (Å²) in [5, 5.41) is 18.7. The highest BCUT2D eigenvalue weighted by molar-refractivity contribution is 7.99. The number of aliphatic hydroxyl groups excluding tert-OH is 1. The number of nitrogens with zero attached hydrogens (tertiary/aromatic N) is 5. The summed E-state index contributed by atoms with van der Waals surface area (Å²) < 4.78 is 1.88. The van der Waals surface area contributed by atoms with E-state index in [0.29, 0.717) is 36.4 Å². The summed E-state index contributed by atoms with van der Waals surface area (Å²) in [6.07, 6.45) is 0. The minimum absolute atomic E-state index is 0.0131. The molecule has 156 valence electrons. The number of aliphatic hydroxyl groups is 1. The predicted octanol–water partition coefficient (Wildman–Crippen LogP) is 2.38. The topological polar surface area (TPSA) is 74.5 Å². The van der Waals surface area contributed by atoms with E-state index in [9.17, 15) is 9.90 Å². The summed E-state index contributed by atoms with van der Waals surface area (Å²) in [6, 6.07) is 20.1. The van der Waals surface area contributed by atoms with Gasteiger partial charge in [0.2, 0.25) is 5.91 Å². The van der Waals surface area contributed by atoms with Gasteiger partial charge in [-0.1, -0.05) is 60.3 Å². The van der Waals surface area contributed by atoms with Crippen LogP contribution in [0.3, 0.4) is 0 Å². The Kier molecular flexibility index (Phi) is 6.66. The van der Waals surface area contributed by atoms with Crippen molar-refractivity contribution in [3.63, 3.8) is 0 Å². The number of rotatable bonds is 7. The standard InChI is InChI=1S/C22H25N5O2S/c28-16-15-27-21(18-7-3-1-4-8-18)23-24-22(27)30-17-20(29)26-13-11-25(12-14-26)19-9-5-2-6-10-19/h1-10,28H,11-17H2. The number of para-hydroxylation sites is 1. The number of carbonyl (C=O) groups excluding carboxylic acids is 1. The van der Waals surface area contributed by atoms with Crippen LogP contribution in [0, 0.1) is 0 Å². The number of piperazine rings is 1. The van der Waals surface area contributed by atoms with Crippen molar-refractivity contribution < 1.29 is 9.90 Å². The van der Waals surface area contributed by atoms with Crippen molar-refractivity contribution in [2.24, 2.45) is 0 Å². The quantitative estimate of drug-likeness (QED) is 0.588. The van der Waals surface area contributed by atoms with Crippen LogP contribution in [0.5, 0.6) is 0 Å². The Labute approximate surface area is 180 Å². The second-order valence-electron chi connectivity index (χ2n) is 7.04. The van der Waals surface area contributed by atoms with Crippen LogP contribution in [-0.4, -0.2) is 69.2 Å². The third kappa shape index (κ3) is 4.66. The fourth-order valence-corrected chi connectivity index (χ4v) is 4.44. The number of hydrogen-bond acceptors (Lipinski definition) is 6. The second kappa shape index (κ2) is 9.77. The van der Waals surface area contributed by atoms with Crippen molar-refractivity contribution in [1.29, 1.82) is 0 Å². The van der Waals surface area contributed by atoms with Crippen LogP contribution in [0.4, 0.5) is 5.69 Å². The van der Waals surface area contributed by atoms with E-state index >= 15 is 0 Å². The smallest absolute Gasteiger partial charge is 0.233 e. The molecule has 8 heteroatoms. The molecule has 30 heavy (non-hydrogen) atoms. The molecule has 0 bridgehead atoms. The summed E-state index contributed by atoms with van der Waals surface area (Å²) in [7, 11) is 0. The van der Waals surface area contributed by atoms with E-state index < -0.39 is 0 Å². The normalized spacial score (nSPS) is 14.2. The molecule has 1 aliphatic rings. The largest absolute Gasteiger partial charge is 0.395 e. The lowest BCUT2D eigenvalue weighted by Gasteiger charge is -2.36.